The summed E-state index contributed by atoms with van der Waals surface area (Å²) in [4.78, 5) is 0. The number of anilines is 1. The molecule has 1 aromatic carbocycles. The molecule has 0 unspecified atom stereocenters. The molecule has 0 atom stereocenters. The van der Waals surface area contributed by atoms with Crippen LogP contribution < -0.4 is 10.6 Å². The van der Waals surface area contributed by atoms with E-state index in [2.05, 4.69) is 26.6 Å². The molecule has 0 bridgehead atoms. The highest BCUT2D eigenvalue weighted by atomic mass is 79.9. The maximum absolute atomic E-state index is 5.95. The van der Waals surface area contributed by atoms with Crippen molar-refractivity contribution in [1.29, 1.82) is 0 Å². The van der Waals surface area contributed by atoms with Gasteiger partial charge < -0.3 is 10.6 Å². The maximum atomic E-state index is 5.95. The first kappa shape index (κ1) is 13.1. The lowest BCUT2D eigenvalue weighted by molar-refractivity contribution is 0.634. The van der Waals surface area contributed by atoms with Crippen LogP contribution in [-0.2, 0) is 0 Å². The Morgan fingerprint density at radius 3 is 2.76 bits per heavy atom. The average molecular weight is 334 g/mol. The largest absolute Gasteiger partial charge is 0.360 e. The fraction of sp³-hybridized carbons (Fsp3) is 0.417. The lowest BCUT2D eigenvalue weighted by atomic mass is 10.2. The Balaban J connectivity index is 1.95. The molecular formula is C12H14BrClN2S. The highest BCUT2D eigenvalue weighted by Crippen LogP contribution is 2.26. The van der Waals surface area contributed by atoms with Crippen LogP contribution in [0.4, 0.5) is 5.69 Å². The summed E-state index contributed by atoms with van der Waals surface area (Å²) >= 11 is 14.7. The van der Waals surface area contributed by atoms with Crippen LogP contribution in [0.15, 0.2) is 22.7 Å². The Morgan fingerprint density at radius 1 is 1.35 bits per heavy atom. The zero-order chi connectivity index (χ0) is 12.3. The fourth-order valence-corrected chi connectivity index (χ4v) is 2.80. The number of halogens is 2. The van der Waals surface area contributed by atoms with Crippen LogP contribution in [-0.4, -0.2) is 11.2 Å². The fourth-order valence-electron chi connectivity index (χ4n) is 2.01. The number of thiocarbonyl (C=S) groups is 1. The van der Waals surface area contributed by atoms with Gasteiger partial charge in [0.15, 0.2) is 5.11 Å². The van der Waals surface area contributed by atoms with Crippen LogP contribution in [0.1, 0.15) is 25.7 Å². The van der Waals surface area contributed by atoms with Crippen molar-refractivity contribution in [3.8, 4) is 0 Å². The van der Waals surface area contributed by atoms with E-state index in [1.54, 1.807) is 0 Å². The summed E-state index contributed by atoms with van der Waals surface area (Å²) in [6.45, 7) is 0. The Kier molecular flexibility index (Phi) is 4.65. The van der Waals surface area contributed by atoms with Gasteiger partial charge in [-0.3, -0.25) is 0 Å². The molecule has 1 saturated carbocycles. The van der Waals surface area contributed by atoms with E-state index in [4.69, 9.17) is 23.8 Å². The lowest BCUT2D eigenvalue weighted by Gasteiger charge is -2.16. The van der Waals surface area contributed by atoms with Crippen molar-refractivity contribution in [2.24, 2.45) is 0 Å². The van der Waals surface area contributed by atoms with E-state index >= 15 is 0 Å². The molecule has 92 valence electrons. The summed E-state index contributed by atoms with van der Waals surface area (Å²) < 4.78 is 0.956. The van der Waals surface area contributed by atoms with Crippen molar-refractivity contribution in [3.05, 3.63) is 27.7 Å². The van der Waals surface area contributed by atoms with Gasteiger partial charge in [0.05, 0.1) is 5.69 Å². The van der Waals surface area contributed by atoms with Crippen molar-refractivity contribution in [2.75, 3.05) is 5.32 Å². The van der Waals surface area contributed by atoms with E-state index in [1.807, 2.05) is 18.2 Å². The quantitative estimate of drug-likeness (QED) is 0.788. The predicted molar refractivity (Wildman–Crippen MR) is 80.8 cm³/mol. The minimum atomic E-state index is 0.521. The molecule has 1 aromatic rings. The van der Waals surface area contributed by atoms with E-state index in [0.29, 0.717) is 16.2 Å². The van der Waals surface area contributed by atoms with Crippen LogP contribution >= 0.6 is 39.7 Å². The van der Waals surface area contributed by atoms with Gasteiger partial charge in [0, 0.05) is 15.5 Å². The topological polar surface area (TPSA) is 24.1 Å². The van der Waals surface area contributed by atoms with Crippen LogP contribution in [0, 0.1) is 0 Å². The molecule has 0 spiro atoms. The monoisotopic (exact) mass is 332 g/mol. The molecule has 2 nitrogen and oxygen atoms in total. The smallest absolute Gasteiger partial charge is 0.171 e. The van der Waals surface area contributed by atoms with Gasteiger partial charge in [0.25, 0.3) is 0 Å². The van der Waals surface area contributed by atoms with Crippen molar-refractivity contribution >= 4 is 50.5 Å². The molecular weight excluding hydrogens is 320 g/mol. The number of benzene rings is 1. The zero-order valence-electron chi connectivity index (χ0n) is 9.30. The molecule has 17 heavy (non-hydrogen) atoms. The van der Waals surface area contributed by atoms with E-state index in [1.165, 1.54) is 25.7 Å². The summed E-state index contributed by atoms with van der Waals surface area (Å²) in [5.74, 6) is 0. The number of nitrogens with one attached hydrogen (secondary N) is 2. The minimum absolute atomic E-state index is 0.521. The average Bonchev–Trinajstić information content (AvgIpc) is 2.76. The van der Waals surface area contributed by atoms with Crippen molar-refractivity contribution < 1.29 is 0 Å². The van der Waals surface area contributed by atoms with E-state index in [-0.39, 0.29) is 0 Å². The van der Waals surface area contributed by atoms with Crippen LogP contribution in [0.3, 0.4) is 0 Å². The van der Waals surface area contributed by atoms with Gasteiger partial charge in [-0.1, -0.05) is 24.4 Å². The molecule has 2 rings (SSSR count). The zero-order valence-corrected chi connectivity index (χ0v) is 12.5. The third-order valence-electron chi connectivity index (χ3n) is 2.87. The van der Waals surface area contributed by atoms with Gasteiger partial charge in [-0.05, 0) is 59.2 Å². The van der Waals surface area contributed by atoms with Crippen molar-refractivity contribution in [2.45, 2.75) is 31.7 Å². The third-order valence-corrected chi connectivity index (χ3v) is 4.01. The lowest BCUT2D eigenvalue weighted by Crippen LogP contribution is -2.35. The molecule has 1 aliphatic carbocycles. The van der Waals surface area contributed by atoms with Crippen LogP contribution in [0.2, 0.25) is 5.02 Å². The molecule has 1 fully saturated rings. The molecule has 0 aliphatic heterocycles. The maximum Gasteiger partial charge on any atom is 0.171 e. The van der Waals surface area contributed by atoms with Gasteiger partial charge in [0.1, 0.15) is 0 Å². The minimum Gasteiger partial charge on any atom is -0.360 e. The summed E-state index contributed by atoms with van der Waals surface area (Å²) in [6.07, 6.45) is 5.00. The second-order valence-corrected chi connectivity index (χ2v) is 5.90. The van der Waals surface area contributed by atoms with Crippen LogP contribution in [0.5, 0.6) is 0 Å². The highest BCUT2D eigenvalue weighted by molar-refractivity contribution is 9.10. The van der Waals surface area contributed by atoms with E-state index < -0.39 is 0 Å². The van der Waals surface area contributed by atoms with Crippen LogP contribution in [0.25, 0.3) is 0 Å². The second-order valence-electron chi connectivity index (χ2n) is 4.20. The predicted octanol–water partition coefficient (Wildman–Crippen LogP) is 4.33. The van der Waals surface area contributed by atoms with Gasteiger partial charge in [-0.15, -0.1) is 0 Å². The first-order chi connectivity index (χ1) is 8.15. The second kappa shape index (κ2) is 6.03. The molecule has 0 heterocycles. The highest BCUT2D eigenvalue weighted by Gasteiger charge is 2.15. The third kappa shape index (κ3) is 3.83. The molecule has 0 radical (unpaired) electrons. The number of hydrogen-bond acceptors (Lipinski definition) is 1. The number of rotatable bonds is 2. The van der Waals surface area contributed by atoms with E-state index in [0.717, 1.165) is 10.2 Å². The molecule has 0 aromatic heterocycles. The summed E-state index contributed by atoms with van der Waals surface area (Å²) in [5.41, 5.74) is 0.896. The Hall–Kier alpha value is -0.320. The first-order valence-electron chi connectivity index (χ1n) is 5.68. The Morgan fingerprint density at radius 2 is 2.06 bits per heavy atom. The molecule has 0 saturated heterocycles. The molecule has 2 N–H and O–H groups in total. The molecule has 5 heteroatoms. The standard InChI is InChI=1S/C12H14BrClN2S/c13-10-6-5-8(14)7-11(10)16-12(17)15-9-3-1-2-4-9/h5-7,9H,1-4H2,(H2,15,16,17). The van der Waals surface area contributed by atoms with E-state index in [9.17, 15) is 0 Å². The van der Waals surface area contributed by atoms with Gasteiger partial charge in [-0.2, -0.15) is 0 Å². The number of hydrogen-bond donors (Lipinski definition) is 2. The SMILES string of the molecule is S=C(Nc1cc(Cl)ccc1Br)NC1CCCC1. The van der Waals surface area contributed by atoms with Gasteiger partial charge in [-0.25, -0.2) is 0 Å². The molecule has 1 aliphatic rings. The Bertz CT molecular complexity index is 419. The summed E-state index contributed by atoms with van der Waals surface area (Å²) in [6, 6.07) is 6.12. The van der Waals surface area contributed by atoms with Crippen molar-refractivity contribution in [1.82, 2.24) is 5.32 Å². The summed E-state index contributed by atoms with van der Waals surface area (Å²) in [5, 5.41) is 7.86. The first-order valence-corrected chi connectivity index (χ1v) is 7.25. The normalized spacial score (nSPS) is 15.9. The summed E-state index contributed by atoms with van der Waals surface area (Å²) in [7, 11) is 0. The van der Waals surface area contributed by atoms with Crippen molar-refractivity contribution in [3.63, 3.8) is 0 Å². The molecule has 0 amide bonds. The van der Waals surface area contributed by atoms with Gasteiger partial charge in [0.2, 0.25) is 0 Å². The Labute approximate surface area is 120 Å². The van der Waals surface area contributed by atoms with Gasteiger partial charge >= 0.3 is 0 Å².